The molecule has 2 aromatic rings. The summed E-state index contributed by atoms with van der Waals surface area (Å²) in [6, 6.07) is 12.1. The van der Waals surface area contributed by atoms with Crippen LogP contribution in [0.1, 0.15) is 30.9 Å². The van der Waals surface area contributed by atoms with Gasteiger partial charge >= 0.3 is 0 Å². The van der Waals surface area contributed by atoms with Crippen LogP contribution in [0.15, 0.2) is 42.5 Å². The first kappa shape index (κ1) is 21.8. The lowest BCUT2D eigenvalue weighted by Crippen LogP contribution is -2.42. The molecule has 0 aliphatic carbocycles. The highest BCUT2D eigenvalue weighted by Crippen LogP contribution is 2.38. The molecule has 0 saturated carbocycles. The molecule has 1 amide bonds. The van der Waals surface area contributed by atoms with Crippen LogP contribution in [0.2, 0.25) is 5.02 Å². The molecule has 166 valence electrons. The summed E-state index contributed by atoms with van der Waals surface area (Å²) in [6.45, 7) is 1.50. The number of fused-ring (bicyclic) bond motifs is 1. The van der Waals surface area contributed by atoms with E-state index in [-0.39, 0.29) is 18.5 Å². The van der Waals surface area contributed by atoms with Crippen molar-refractivity contribution >= 4 is 33.2 Å². The van der Waals surface area contributed by atoms with Gasteiger partial charge in [-0.1, -0.05) is 23.7 Å². The first-order valence-corrected chi connectivity index (χ1v) is 12.5. The van der Waals surface area contributed by atoms with Crippen molar-refractivity contribution in [2.24, 2.45) is 0 Å². The summed E-state index contributed by atoms with van der Waals surface area (Å²) < 4.78 is 37.4. The Labute approximate surface area is 187 Å². The number of benzene rings is 2. The summed E-state index contributed by atoms with van der Waals surface area (Å²) in [6.07, 6.45) is 3.57. The molecule has 9 heteroatoms. The van der Waals surface area contributed by atoms with Crippen molar-refractivity contribution in [3.05, 3.63) is 53.1 Å². The van der Waals surface area contributed by atoms with Gasteiger partial charge in [0.05, 0.1) is 31.2 Å². The molecule has 4 rings (SSSR count). The molecule has 1 unspecified atom stereocenters. The molecule has 7 nitrogen and oxygen atoms in total. The summed E-state index contributed by atoms with van der Waals surface area (Å²) in [5, 5.41) is 0.407. The summed E-state index contributed by atoms with van der Waals surface area (Å²) in [7, 11) is -3.67. The van der Waals surface area contributed by atoms with E-state index >= 15 is 0 Å². The van der Waals surface area contributed by atoms with Gasteiger partial charge in [-0.2, -0.15) is 0 Å². The number of carbonyl (C=O) groups is 1. The Morgan fingerprint density at radius 1 is 1.13 bits per heavy atom. The van der Waals surface area contributed by atoms with Gasteiger partial charge in [-0.25, -0.2) is 8.42 Å². The Morgan fingerprint density at radius 2 is 1.90 bits per heavy atom. The summed E-state index contributed by atoms with van der Waals surface area (Å²) in [5.41, 5.74) is 1.33. The lowest BCUT2D eigenvalue weighted by Gasteiger charge is -2.29. The van der Waals surface area contributed by atoms with E-state index in [9.17, 15) is 13.2 Å². The zero-order chi connectivity index (χ0) is 22.0. The fraction of sp³-hybridized carbons (Fsp3) is 0.409. The predicted octanol–water partition coefficient (Wildman–Crippen LogP) is 3.63. The quantitative estimate of drug-likeness (QED) is 0.675. The van der Waals surface area contributed by atoms with Crippen molar-refractivity contribution in [2.75, 3.05) is 36.9 Å². The molecule has 0 N–H and O–H groups in total. The third-order valence-corrected chi connectivity index (χ3v) is 6.88. The second-order valence-corrected chi connectivity index (χ2v) is 10.1. The standard InChI is InChI=1S/C22H25ClN2O5S/c1-31(27,28)25(18-6-2-5-17(23)14-18)15-22(26)24-10-3-7-19(24)16-8-9-20-21(13-16)30-12-4-11-29-20/h2,5-6,8-9,13-14,19H,3-4,7,10-12,15H2,1H3. The zero-order valence-electron chi connectivity index (χ0n) is 17.3. The number of amides is 1. The van der Waals surface area contributed by atoms with Crippen molar-refractivity contribution in [1.29, 1.82) is 0 Å². The normalized spacial score (nSPS) is 18.5. The van der Waals surface area contributed by atoms with Gasteiger partial charge in [0.25, 0.3) is 0 Å². The van der Waals surface area contributed by atoms with Crippen LogP contribution in [0.4, 0.5) is 5.69 Å². The molecule has 1 saturated heterocycles. The van der Waals surface area contributed by atoms with Crippen molar-refractivity contribution in [2.45, 2.75) is 25.3 Å². The molecule has 31 heavy (non-hydrogen) atoms. The Morgan fingerprint density at radius 3 is 2.65 bits per heavy atom. The second kappa shape index (κ2) is 8.96. The minimum absolute atomic E-state index is 0.134. The van der Waals surface area contributed by atoms with Crippen LogP contribution in [0.25, 0.3) is 0 Å². The van der Waals surface area contributed by atoms with E-state index in [2.05, 4.69) is 0 Å². The van der Waals surface area contributed by atoms with E-state index in [1.54, 1.807) is 29.2 Å². The van der Waals surface area contributed by atoms with Crippen LogP contribution in [0.5, 0.6) is 11.5 Å². The van der Waals surface area contributed by atoms with Crippen LogP contribution in [-0.4, -0.2) is 51.8 Å². The molecule has 0 aromatic heterocycles. The van der Waals surface area contributed by atoms with E-state index < -0.39 is 10.0 Å². The number of nitrogens with zero attached hydrogens (tertiary/aromatic N) is 2. The molecule has 2 heterocycles. The Balaban J connectivity index is 1.57. The number of hydrogen-bond acceptors (Lipinski definition) is 5. The van der Waals surface area contributed by atoms with E-state index in [0.29, 0.717) is 42.0 Å². The average molecular weight is 465 g/mol. The Bertz CT molecular complexity index is 1080. The van der Waals surface area contributed by atoms with Crippen LogP contribution in [-0.2, 0) is 14.8 Å². The van der Waals surface area contributed by atoms with E-state index in [1.165, 1.54) is 0 Å². The van der Waals surface area contributed by atoms with Crippen molar-refractivity contribution in [3.8, 4) is 11.5 Å². The first-order valence-electron chi connectivity index (χ1n) is 10.3. The number of halogens is 1. The molecule has 2 aliphatic heterocycles. The van der Waals surface area contributed by atoms with E-state index in [1.807, 2.05) is 18.2 Å². The Kier molecular flexibility index (Phi) is 6.29. The molecular weight excluding hydrogens is 440 g/mol. The van der Waals surface area contributed by atoms with Gasteiger partial charge in [0, 0.05) is 18.0 Å². The maximum absolute atomic E-state index is 13.2. The van der Waals surface area contributed by atoms with Crippen LogP contribution < -0.4 is 13.8 Å². The highest BCUT2D eigenvalue weighted by Gasteiger charge is 2.33. The van der Waals surface area contributed by atoms with Crippen LogP contribution in [0, 0.1) is 0 Å². The number of anilines is 1. The van der Waals surface area contributed by atoms with Gasteiger partial charge in [0.2, 0.25) is 15.9 Å². The highest BCUT2D eigenvalue weighted by atomic mass is 35.5. The fourth-order valence-electron chi connectivity index (χ4n) is 4.04. The SMILES string of the molecule is CS(=O)(=O)N(CC(=O)N1CCCC1c1ccc2c(c1)OCCCO2)c1cccc(Cl)c1. The number of likely N-dealkylation sites (tertiary alicyclic amines) is 1. The predicted molar refractivity (Wildman–Crippen MR) is 119 cm³/mol. The number of rotatable bonds is 5. The summed E-state index contributed by atoms with van der Waals surface area (Å²) >= 11 is 6.04. The minimum Gasteiger partial charge on any atom is -0.490 e. The number of carbonyl (C=O) groups excluding carboxylic acids is 1. The third-order valence-electron chi connectivity index (χ3n) is 5.50. The zero-order valence-corrected chi connectivity index (χ0v) is 18.9. The van der Waals surface area contributed by atoms with Gasteiger partial charge in [0.1, 0.15) is 6.54 Å². The van der Waals surface area contributed by atoms with Gasteiger partial charge < -0.3 is 14.4 Å². The first-order chi connectivity index (χ1) is 14.8. The summed E-state index contributed by atoms with van der Waals surface area (Å²) in [5.74, 6) is 1.15. The van der Waals surface area contributed by atoms with E-state index in [0.717, 1.165) is 35.4 Å². The largest absolute Gasteiger partial charge is 0.490 e. The third kappa shape index (κ3) is 4.91. The van der Waals surface area contributed by atoms with Crippen LogP contribution in [0.3, 0.4) is 0 Å². The average Bonchev–Trinajstić information content (AvgIpc) is 3.10. The lowest BCUT2D eigenvalue weighted by molar-refractivity contribution is -0.130. The molecule has 1 atom stereocenters. The topological polar surface area (TPSA) is 76.2 Å². The molecule has 1 fully saturated rings. The highest BCUT2D eigenvalue weighted by molar-refractivity contribution is 7.92. The number of hydrogen-bond donors (Lipinski definition) is 0. The fourth-order valence-corrected chi connectivity index (χ4v) is 5.07. The van der Waals surface area contributed by atoms with Gasteiger partial charge in [0.15, 0.2) is 11.5 Å². The van der Waals surface area contributed by atoms with Crippen molar-refractivity contribution in [3.63, 3.8) is 0 Å². The molecule has 0 radical (unpaired) electrons. The van der Waals surface area contributed by atoms with Crippen molar-refractivity contribution in [1.82, 2.24) is 4.90 Å². The molecule has 0 spiro atoms. The minimum atomic E-state index is -3.67. The van der Waals surface area contributed by atoms with E-state index in [4.69, 9.17) is 21.1 Å². The van der Waals surface area contributed by atoms with Gasteiger partial charge in [-0.3, -0.25) is 9.10 Å². The van der Waals surface area contributed by atoms with Crippen LogP contribution >= 0.6 is 11.6 Å². The van der Waals surface area contributed by atoms with Crippen molar-refractivity contribution < 1.29 is 22.7 Å². The van der Waals surface area contributed by atoms with Gasteiger partial charge in [-0.05, 0) is 48.7 Å². The molecule has 0 bridgehead atoms. The Hall–Kier alpha value is -2.45. The lowest BCUT2D eigenvalue weighted by atomic mass is 10.0. The maximum atomic E-state index is 13.2. The monoisotopic (exact) mass is 464 g/mol. The maximum Gasteiger partial charge on any atom is 0.243 e. The second-order valence-electron chi connectivity index (χ2n) is 7.75. The molecular formula is C22H25ClN2O5S. The smallest absolute Gasteiger partial charge is 0.243 e. The number of ether oxygens (including phenoxy) is 2. The molecule has 2 aromatic carbocycles. The summed E-state index contributed by atoms with van der Waals surface area (Å²) in [4.78, 5) is 15.0. The van der Waals surface area contributed by atoms with Gasteiger partial charge in [-0.15, -0.1) is 0 Å². The molecule has 2 aliphatic rings. The number of sulfonamides is 1.